The van der Waals surface area contributed by atoms with Gasteiger partial charge in [0, 0.05) is 19.1 Å². The van der Waals surface area contributed by atoms with E-state index in [0.717, 1.165) is 25.4 Å². The molecule has 0 saturated carbocycles. The lowest BCUT2D eigenvalue weighted by Crippen LogP contribution is -2.38. The summed E-state index contributed by atoms with van der Waals surface area (Å²) in [6.45, 7) is 8.14. The zero-order valence-corrected chi connectivity index (χ0v) is 12.3. The molecule has 5 nitrogen and oxygen atoms in total. The average Bonchev–Trinajstić information content (AvgIpc) is 2.99. The first-order chi connectivity index (χ1) is 9.54. The van der Waals surface area contributed by atoms with Crippen LogP contribution >= 0.6 is 0 Å². The molecule has 2 heterocycles. The molecule has 1 unspecified atom stereocenters. The number of hydrogen-bond donors (Lipinski definition) is 2. The average molecular weight is 280 g/mol. The molecule has 0 aliphatic carbocycles. The van der Waals surface area contributed by atoms with E-state index in [4.69, 9.17) is 9.52 Å². The van der Waals surface area contributed by atoms with E-state index >= 15 is 0 Å². The molecule has 2 rings (SSSR count). The van der Waals surface area contributed by atoms with E-state index in [9.17, 15) is 4.79 Å². The predicted octanol–water partition coefficient (Wildman–Crippen LogP) is 2.19. The van der Waals surface area contributed by atoms with Gasteiger partial charge in [-0.3, -0.25) is 4.90 Å². The zero-order valence-electron chi connectivity index (χ0n) is 12.3. The summed E-state index contributed by atoms with van der Waals surface area (Å²) in [5, 5.41) is 12.4. The molecule has 112 valence electrons. The van der Waals surface area contributed by atoms with Gasteiger partial charge >= 0.3 is 5.97 Å². The van der Waals surface area contributed by atoms with Gasteiger partial charge in [-0.15, -0.1) is 0 Å². The Bertz CT molecular complexity index is 436. The highest BCUT2D eigenvalue weighted by Crippen LogP contribution is 2.14. The van der Waals surface area contributed by atoms with E-state index in [-0.39, 0.29) is 5.76 Å². The highest BCUT2D eigenvalue weighted by Gasteiger charge is 2.20. The molecular weight excluding hydrogens is 256 g/mol. The number of rotatable bonds is 7. The molecule has 0 radical (unpaired) electrons. The minimum Gasteiger partial charge on any atom is -0.475 e. The molecule has 0 amide bonds. The van der Waals surface area contributed by atoms with Crippen LogP contribution in [0.2, 0.25) is 0 Å². The van der Waals surface area contributed by atoms with Crippen molar-refractivity contribution in [2.75, 3.05) is 19.6 Å². The van der Waals surface area contributed by atoms with Crippen molar-refractivity contribution >= 4 is 5.97 Å². The standard InChI is InChI=1S/C15H24N2O3/c1-11(2)8-17(9-12-4-3-7-16-12)10-13-5-6-14(20-13)15(18)19/h5-6,11-12,16H,3-4,7-10H2,1-2H3,(H,18,19). The Morgan fingerprint density at radius 1 is 1.55 bits per heavy atom. The minimum absolute atomic E-state index is 0.0171. The monoisotopic (exact) mass is 280 g/mol. The zero-order chi connectivity index (χ0) is 14.5. The lowest BCUT2D eigenvalue weighted by Gasteiger charge is -2.26. The molecule has 1 fully saturated rings. The summed E-state index contributed by atoms with van der Waals surface area (Å²) in [5.41, 5.74) is 0. The fourth-order valence-corrected chi connectivity index (χ4v) is 2.74. The van der Waals surface area contributed by atoms with Gasteiger partial charge in [0.2, 0.25) is 5.76 Å². The van der Waals surface area contributed by atoms with Crippen LogP contribution in [0.5, 0.6) is 0 Å². The van der Waals surface area contributed by atoms with Crippen molar-refractivity contribution in [2.24, 2.45) is 5.92 Å². The first kappa shape index (κ1) is 15.1. The van der Waals surface area contributed by atoms with Gasteiger partial charge in [-0.05, 0) is 37.4 Å². The van der Waals surface area contributed by atoms with Gasteiger partial charge < -0.3 is 14.8 Å². The van der Waals surface area contributed by atoms with Gasteiger partial charge in [-0.25, -0.2) is 4.79 Å². The van der Waals surface area contributed by atoms with Crippen LogP contribution in [-0.2, 0) is 6.54 Å². The van der Waals surface area contributed by atoms with Crippen molar-refractivity contribution in [1.29, 1.82) is 0 Å². The maximum Gasteiger partial charge on any atom is 0.371 e. The molecule has 0 aromatic carbocycles. The summed E-state index contributed by atoms with van der Waals surface area (Å²) in [7, 11) is 0. The second-order valence-corrected chi connectivity index (χ2v) is 5.95. The normalized spacial score (nSPS) is 19.1. The number of carbonyl (C=O) groups is 1. The molecule has 5 heteroatoms. The quantitative estimate of drug-likeness (QED) is 0.801. The predicted molar refractivity (Wildman–Crippen MR) is 76.8 cm³/mol. The Morgan fingerprint density at radius 3 is 2.90 bits per heavy atom. The van der Waals surface area contributed by atoms with Crippen LogP contribution in [0.15, 0.2) is 16.5 Å². The van der Waals surface area contributed by atoms with E-state index in [1.54, 1.807) is 6.07 Å². The van der Waals surface area contributed by atoms with Crippen LogP contribution < -0.4 is 5.32 Å². The van der Waals surface area contributed by atoms with Gasteiger partial charge in [0.25, 0.3) is 0 Å². The topological polar surface area (TPSA) is 65.7 Å². The van der Waals surface area contributed by atoms with Crippen LogP contribution in [-0.4, -0.2) is 41.7 Å². The summed E-state index contributed by atoms with van der Waals surface area (Å²) in [6, 6.07) is 3.83. The number of nitrogens with one attached hydrogen (secondary N) is 1. The van der Waals surface area contributed by atoms with Gasteiger partial charge in [0.15, 0.2) is 0 Å². The molecule has 1 aliphatic rings. The number of carboxylic acid groups (broad SMARTS) is 1. The maximum atomic E-state index is 10.8. The molecule has 2 N–H and O–H groups in total. The Kier molecular flexibility index (Phi) is 5.20. The van der Waals surface area contributed by atoms with Gasteiger partial charge in [-0.1, -0.05) is 13.8 Å². The first-order valence-electron chi connectivity index (χ1n) is 7.32. The largest absolute Gasteiger partial charge is 0.475 e. The fourth-order valence-electron chi connectivity index (χ4n) is 2.74. The molecule has 20 heavy (non-hydrogen) atoms. The lowest BCUT2D eigenvalue weighted by molar-refractivity contribution is 0.0657. The third-order valence-corrected chi connectivity index (χ3v) is 3.52. The number of hydrogen-bond acceptors (Lipinski definition) is 4. The van der Waals surface area contributed by atoms with Crippen LogP contribution in [0.4, 0.5) is 0 Å². The summed E-state index contributed by atoms with van der Waals surface area (Å²) in [5.74, 6) is 0.305. The van der Waals surface area contributed by atoms with Crippen molar-refractivity contribution in [2.45, 2.75) is 39.3 Å². The minimum atomic E-state index is -1.01. The molecule has 0 spiro atoms. The highest BCUT2D eigenvalue weighted by atomic mass is 16.4. The molecule has 1 aromatic heterocycles. The Hall–Kier alpha value is -1.33. The third-order valence-electron chi connectivity index (χ3n) is 3.52. The van der Waals surface area contributed by atoms with Crippen molar-refractivity contribution in [1.82, 2.24) is 10.2 Å². The van der Waals surface area contributed by atoms with Crippen LogP contribution in [0.1, 0.15) is 43.0 Å². The number of furan rings is 1. The Balaban J connectivity index is 1.96. The van der Waals surface area contributed by atoms with Gasteiger partial charge in [0.05, 0.1) is 6.54 Å². The first-order valence-corrected chi connectivity index (χ1v) is 7.32. The van der Waals surface area contributed by atoms with E-state index in [2.05, 4.69) is 24.1 Å². The number of nitrogens with zero attached hydrogens (tertiary/aromatic N) is 1. The number of carboxylic acids is 1. The van der Waals surface area contributed by atoms with Crippen LogP contribution in [0.25, 0.3) is 0 Å². The van der Waals surface area contributed by atoms with Crippen LogP contribution in [0.3, 0.4) is 0 Å². The second kappa shape index (κ2) is 6.90. The van der Waals surface area contributed by atoms with E-state index in [1.807, 2.05) is 0 Å². The maximum absolute atomic E-state index is 10.8. The summed E-state index contributed by atoms with van der Waals surface area (Å²) in [4.78, 5) is 13.2. The van der Waals surface area contributed by atoms with Crippen molar-refractivity contribution in [3.8, 4) is 0 Å². The molecular formula is C15H24N2O3. The Morgan fingerprint density at radius 2 is 2.35 bits per heavy atom. The molecule has 1 atom stereocenters. The summed E-state index contributed by atoms with van der Waals surface area (Å²) < 4.78 is 5.36. The van der Waals surface area contributed by atoms with Crippen LogP contribution in [0, 0.1) is 5.92 Å². The molecule has 1 aromatic rings. The molecule has 1 saturated heterocycles. The van der Waals surface area contributed by atoms with E-state index in [1.165, 1.54) is 18.9 Å². The SMILES string of the molecule is CC(C)CN(Cc1ccc(C(=O)O)o1)CC1CCCN1. The second-order valence-electron chi connectivity index (χ2n) is 5.95. The van der Waals surface area contributed by atoms with Gasteiger partial charge in [-0.2, -0.15) is 0 Å². The molecule has 1 aliphatic heterocycles. The summed E-state index contributed by atoms with van der Waals surface area (Å²) in [6.07, 6.45) is 2.46. The number of aromatic carboxylic acids is 1. The van der Waals surface area contributed by atoms with Crippen molar-refractivity contribution < 1.29 is 14.3 Å². The van der Waals surface area contributed by atoms with Crippen molar-refractivity contribution in [3.63, 3.8) is 0 Å². The third kappa shape index (κ3) is 4.35. The lowest BCUT2D eigenvalue weighted by atomic mass is 10.1. The smallest absolute Gasteiger partial charge is 0.371 e. The Labute approximate surface area is 119 Å². The van der Waals surface area contributed by atoms with Gasteiger partial charge in [0.1, 0.15) is 5.76 Å². The van der Waals surface area contributed by atoms with E-state index in [0.29, 0.717) is 18.5 Å². The molecule has 0 bridgehead atoms. The summed E-state index contributed by atoms with van der Waals surface area (Å²) >= 11 is 0. The van der Waals surface area contributed by atoms with E-state index < -0.39 is 5.97 Å². The highest BCUT2D eigenvalue weighted by molar-refractivity contribution is 5.84. The van der Waals surface area contributed by atoms with Crippen molar-refractivity contribution in [3.05, 3.63) is 23.7 Å². The fraction of sp³-hybridized carbons (Fsp3) is 0.667.